The lowest BCUT2D eigenvalue weighted by Gasteiger charge is -2.27. The number of likely N-dealkylation sites (tertiary alicyclic amines) is 1. The summed E-state index contributed by atoms with van der Waals surface area (Å²) in [6, 6.07) is 0.847. The molecule has 0 aromatic carbocycles. The molecule has 0 aromatic heterocycles. The molecule has 0 saturated carbocycles. The fourth-order valence-electron chi connectivity index (χ4n) is 2.68. The molecule has 2 aliphatic heterocycles. The van der Waals surface area contributed by atoms with Crippen molar-refractivity contribution in [3.05, 3.63) is 0 Å². The highest BCUT2D eigenvalue weighted by Crippen LogP contribution is 2.23. The topological polar surface area (TPSA) is 53.6 Å². The first-order chi connectivity index (χ1) is 8.24. The molecule has 0 bridgehead atoms. The Balaban J connectivity index is 1.83. The Bertz CT molecular complexity index is 277. The fraction of sp³-hybridized carbons (Fsp3) is 0.909. The summed E-state index contributed by atoms with van der Waals surface area (Å²) in [6.45, 7) is 4.17. The third-order valence-corrected chi connectivity index (χ3v) is 4.71. The van der Waals surface area contributed by atoms with E-state index < -0.39 is 0 Å². The Morgan fingerprint density at radius 2 is 2.35 bits per heavy atom. The van der Waals surface area contributed by atoms with Crippen molar-refractivity contribution in [2.45, 2.75) is 23.8 Å². The first-order valence-electron chi connectivity index (χ1n) is 6.06. The average Bonchev–Trinajstić information content (AvgIpc) is 2.95. The number of nitrogens with one attached hydrogen (secondary N) is 2. The van der Waals surface area contributed by atoms with Crippen molar-refractivity contribution < 1.29 is 9.53 Å². The van der Waals surface area contributed by atoms with E-state index in [1.54, 1.807) is 0 Å². The second kappa shape index (κ2) is 5.93. The van der Waals surface area contributed by atoms with Gasteiger partial charge in [-0.15, -0.1) is 0 Å². The Hall–Kier alpha value is -0.460. The third-order valence-electron chi connectivity index (χ3n) is 3.63. The molecule has 2 aliphatic rings. The zero-order valence-corrected chi connectivity index (χ0v) is 11.3. The van der Waals surface area contributed by atoms with Crippen molar-refractivity contribution in [2.75, 3.05) is 39.5 Å². The van der Waals surface area contributed by atoms with Gasteiger partial charge in [-0.2, -0.15) is 11.8 Å². The third kappa shape index (κ3) is 3.05. The molecule has 0 aliphatic carbocycles. The van der Waals surface area contributed by atoms with Crippen LogP contribution in [-0.4, -0.2) is 67.9 Å². The summed E-state index contributed by atoms with van der Waals surface area (Å²) in [5.41, 5.74) is 0. The molecule has 1 amide bonds. The minimum Gasteiger partial charge on any atom is -0.453 e. The molecular weight excluding hydrogens is 238 g/mol. The fourth-order valence-corrected chi connectivity index (χ4v) is 3.54. The van der Waals surface area contributed by atoms with E-state index in [1.807, 2.05) is 11.8 Å². The molecule has 98 valence electrons. The number of hydrogen-bond acceptors (Lipinski definition) is 5. The predicted octanol–water partition coefficient (Wildman–Crippen LogP) is 0.120. The molecule has 2 fully saturated rings. The van der Waals surface area contributed by atoms with Crippen LogP contribution in [-0.2, 0) is 4.74 Å². The first-order valence-corrected chi connectivity index (χ1v) is 7.35. The lowest BCUT2D eigenvalue weighted by atomic mass is 10.2. The Morgan fingerprint density at radius 1 is 1.53 bits per heavy atom. The van der Waals surface area contributed by atoms with Crippen LogP contribution in [0.3, 0.4) is 0 Å². The van der Waals surface area contributed by atoms with E-state index in [9.17, 15) is 4.79 Å². The van der Waals surface area contributed by atoms with Gasteiger partial charge in [0.25, 0.3) is 0 Å². The summed E-state index contributed by atoms with van der Waals surface area (Å²) in [5, 5.41) is 7.00. The number of carbonyl (C=O) groups is 1. The van der Waals surface area contributed by atoms with Gasteiger partial charge in [-0.1, -0.05) is 0 Å². The van der Waals surface area contributed by atoms with E-state index >= 15 is 0 Å². The minimum atomic E-state index is -0.317. The summed E-state index contributed by atoms with van der Waals surface area (Å²) < 4.78 is 4.63. The van der Waals surface area contributed by atoms with Gasteiger partial charge in [-0.3, -0.25) is 4.90 Å². The molecular formula is C11H21N3O2S. The number of rotatable bonds is 3. The van der Waals surface area contributed by atoms with Gasteiger partial charge in [-0.05, 0) is 12.7 Å². The van der Waals surface area contributed by atoms with Crippen LogP contribution < -0.4 is 10.6 Å². The highest BCUT2D eigenvalue weighted by atomic mass is 32.2. The van der Waals surface area contributed by atoms with Crippen LogP contribution in [0.25, 0.3) is 0 Å². The van der Waals surface area contributed by atoms with Gasteiger partial charge in [0.1, 0.15) is 0 Å². The van der Waals surface area contributed by atoms with Gasteiger partial charge in [0.15, 0.2) is 0 Å². The van der Waals surface area contributed by atoms with Gasteiger partial charge in [-0.25, -0.2) is 4.79 Å². The van der Waals surface area contributed by atoms with E-state index in [4.69, 9.17) is 0 Å². The molecule has 0 spiro atoms. The van der Waals surface area contributed by atoms with Crippen molar-refractivity contribution in [2.24, 2.45) is 0 Å². The Kier molecular flexibility index (Phi) is 4.53. The van der Waals surface area contributed by atoms with Crippen molar-refractivity contribution >= 4 is 17.9 Å². The lowest BCUT2D eigenvalue weighted by molar-refractivity contribution is 0.165. The van der Waals surface area contributed by atoms with E-state index in [0.717, 1.165) is 32.6 Å². The van der Waals surface area contributed by atoms with Crippen LogP contribution in [0.2, 0.25) is 0 Å². The molecule has 2 rings (SSSR count). The first kappa shape index (κ1) is 13.0. The van der Waals surface area contributed by atoms with Crippen LogP contribution in [0.5, 0.6) is 0 Å². The number of ether oxygens (including phenoxy) is 1. The van der Waals surface area contributed by atoms with Gasteiger partial charge in [0.05, 0.1) is 7.11 Å². The molecule has 2 saturated heterocycles. The standard InChI is InChI=1S/C11H21N3O2S/c1-16-11(15)13-8-3-4-14(7-8)9-5-12-6-10(9)17-2/h8-10,12H,3-7H2,1-2H3,(H,13,15). The molecule has 3 unspecified atom stereocenters. The predicted molar refractivity (Wildman–Crippen MR) is 69.5 cm³/mol. The molecule has 0 radical (unpaired) electrons. The quantitative estimate of drug-likeness (QED) is 0.754. The summed E-state index contributed by atoms with van der Waals surface area (Å²) in [5.74, 6) is 0. The summed E-state index contributed by atoms with van der Waals surface area (Å²) >= 11 is 1.93. The maximum absolute atomic E-state index is 11.1. The molecule has 2 N–H and O–H groups in total. The van der Waals surface area contributed by atoms with E-state index in [1.165, 1.54) is 7.11 Å². The minimum absolute atomic E-state index is 0.241. The SMILES string of the molecule is COC(=O)NC1CCN(C2CNCC2SC)C1. The zero-order valence-electron chi connectivity index (χ0n) is 10.4. The van der Waals surface area contributed by atoms with Crippen LogP contribution in [0.1, 0.15) is 6.42 Å². The number of nitrogens with zero attached hydrogens (tertiary/aromatic N) is 1. The van der Waals surface area contributed by atoms with E-state index in [0.29, 0.717) is 11.3 Å². The number of methoxy groups -OCH3 is 1. The van der Waals surface area contributed by atoms with Gasteiger partial charge < -0.3 is 15.4 Å². The zero-order chi connectivity index (χ0) is 12.3. The van der Waals surface area contributed by atoms with Crippen LogP contribution in [0.15, 0.2) is 0 Å². The normalized spacial score (nSPS) is 33.9. The smallest absolute Gasteiger partial charge is 0.407 e. The van der Waals surface area contributed by atoms with Gasteiger partial charge in [0, 0.05) is 43.5 Å². The Labute approximate surface area is 107 Å². The summed E-state index contributed by atoms with van der Waals surface area (Å²) in [4.78, 5) is 13.6. The van der Waals surface area contributed by atoms with Crippen LogP contribution in [0.4, 0.5) is 4.79 Å². The number of alkyl carbamates (subject to hydrolysis) is 1. The molecule has 6 heteroatoms. The monoisotopic (exact) mass is 259 g/mol. The van der Waals surface area contributed by atoms with Crippen molar-refractivity contribution in [3.63, 3.8) is 0 Å². The van der Waals surface area contributed by atoms with Gasteiger partial charge >= 0.3 is 6.09 Å². The van der Waals surface area contributed by atoms with E-state index in [-0.39, 0.29) is 12.1 Å². The van der Waals surface area contributed by atoms with Crippen LogP contribution in [0, 0.1) is 0 Å². The van der Waals surface area contributed by atoms with Crippen molar-refractivity contribution in [1.29, 1.82) is 0 Å². The van der Waals surface area contributed by atoms with Crippen molar-refractivity contribution in [1.82, 2.24) is 15.5 Å². The number of amides is 1. The number of carbonyl (C=O) groups excluding carboxylic acids is 1. The van der Waals surface area contributed by atoms with Gasteiger partial charge in [0.2, 0.25) is 0 Å². The van der Waals surface area contributed by atoms with E-state index in [2.05, 4.69) is 26.5 Å². The summed E-state index contributed by atoms with van der Waals surface area (Å²) in [6.07, 6.45) is 2.88. The maximum atomic E-state index is 11.1. The molecule has 17 heavy (non-hydrogen) atoms. The summed E-state index contributed by atoms with van der Waals surface area (Å²) in [7, 11) is 1.41. The second-order valence-electron chi connectivity index (χ2n) is 4.62. The second-order valence-corrected chi connectivity index (χ2v) is 5.69. The van der Waals surface area contributed by atoms with Crippen LogP contribution >= 0.6 is 11.8 Å². The molecule has 5 nitrogen and oxygen atoms in total. The largest absolute Gasteiger partial charge is 0.453 e. The maximum Gasteiger partial charge on any atom is 0.407 e. The number of hydrogen-bond donors (Lipinski definition) is 2. The lowest BCUT2D eigenvalue weighted by Crippen LogP contribution is -2.43. The Morgan fingerprint density at radius 3 is 3.06 bits per heavy atom. The molecule has 0 aromatic rings. The highest BCUT2D eigenvalue weighted by molar-refractivity contribution is 7.99. The molecule has 3 atom stereocenters. The highest BCUT2D eigenvalue weighted by Gasteiger charge is 2.35. The average molecular weight is 259 g/mol. The van der Waals surface area contributed by atoms with Crippen molar-refractivity contribution in [3.8, 4) is 0 Å². The number of thioether (sulfide) groups is 1. The molecule has 2 heterocycles.